The molecule has 1 amide bonds. The lowest BCUT2D eigenvalue weighted by Crippen LogP contribution is -2.23. The van der Waals surface area contributed by atoms with E-state index < -0.39 is 21.8 Å². The van der Waals surface area contributed by atoms with Crippen molar-refractivity contribution in [2.24, 2.45) is 0 Å². The minimum atomic E-state index is -4.29. The Hall–Kier alpha value is -1.40. The molecule has 0 radical (unpaired) electrons. The van der Waals surface area contributed by atoms with Gasteiger partial charge in [-0.15, -0.1) is 0 Å². The van der Waals surface area contributed by atoms with Crippen LogP contribution in [0.25, 0.3) is 0 Å². The molecule has 0 aliphatic carbocycles. The van der Waals surface area contributed by atoms with E-state index in [1.54, 1.807) is 0 Å². The molecular weight excluding hydrogens is 242 g/mol. The first kappa shape index (κ1) is 13.7. The molecule has 1 rings (SSSR count). The van der Waals surface area contributed by atoms with Crippen LogP contribution in [0.2, 0.25) is 0 Å². The highest BCUT2D eigenvalue weighted by atomic mass is 32.2. The zero-order chi connectivity index (χ0) is 13.1. The molecule has 1 aromatic carbocycles. The third-order valence-electron chi connectivity index (χ3n) is 2.32. The molecule has 0 saturated heterocycles. The van der Waals surface area contributed by atoms with Crippen molar-refractivity contribution >= 4 is 21.7 Å². The number of amides is 1. The summed E-state index contributed by atoms with van der Waals surface area (Å²) < 4.78 is 29.7. The quantitative estimate of drug-likeness (QED) is 0.798. The average molecular weight is 257 g/mol. The van der Waals surface area contributed by atoms with E-state index in [4.69, 9.17) is 4.55 Å². The van der Waals surface area contributed by atoms with Crippen molar-refractivity contribution in [3.8, 4) is 0 Å². The molecule has 5 nitrogen and oxygen atoms in total. The number of carbonyl (C=O) groups is 1. The van der Waals surface area contributed by atoms with Gasteiger partial charge in [0.25, 0.3) is 10.1 Å². The van der Waals surface area contributed by atoms with Crippen LogP contribution in [0.1, 0.15) is 18.1 Å². The van der Waals surface area contributed by atoms with Gasteiger partial charge in [-0.2, -0.15) is 8.42 Å². The maximum Gasteiger partial charge on any atom is 0.274 e. The van der Waals surface area contributed by atoms with E-state index >= 15 is 0 Å². The zero-order valence-electron chi connectivity index (χ0n) is 9.73. The van der Waals surface area contributed by atoms with E-state index in [1.165, 1.54) is 0 Å². The molecule has 0 heterocycles. The minimum Gasteiger partial charge on any atom is -0.325 e. The molecule has 6 heteroatoms. The fourth-order valence-electron chi connectivity index (χ4n) is 1.54. The van der Waals surface area contributed by atoms with Crippen LogP contribution < -0.4 is 5.32 Å². The predicted octanol–water partition coefficient (Wildman–Crippen LogP) is 1.38. The zero-order valence-corrected chi connectivity index (χ0v) is 10.5. The lowest BCUT2D eigenvalue weighted by Gasteiger charge is -2.12. The molecule has 0 aromatic heterocycles. The summed E-state index contributed by atoms with van der Waals surface area (Å²) in [7, 11) is -4.29. The van der Waals surface area contributed by atoms with Crippen molar-refractivity contribution in [1.82, 2.24) is 0 Å². The van der Waals surface area contributed by atoms with Crippen molar-refractivity contribution in [3.05, 3.63) is 29.3 Å². The summed E-state index contributed by atoms with van der Waals surface area (Å²) in [5.74, 6) is -1.67. The van der Waals surface area contributed by atoms with Gasteiger partial charge in [0, 0.05) is 5.69 Å². The van der Waals surface area contributed by atoms with Crippen LogP contribution in [0.5, 0.6) is 0 Å². The number of aryl methyl sites for hydroxylation is 2. The van der Waals surface area contributed by atoms with Gasteiger partial charge in [0.2, 0.25) is 5.91 Å². The SMILES string of the molecule is CCc1cccc(C)c1NC(=O)CS(=O)(=O)O. The lowest BCUT2D eigenvalue weighted by molar-refractivity contribution is -0.113. The van der Waals surface area contributed by atoms with Crippen molar-refractivity contribution in [2.45, 2.75) is 20.3 Å². The molecule has 0 atom stereocenters. The van der Waals surface area contributed by atoms with Crippen LogP contribution in [-0.2, 0) is 21.3 Å². The maximum atomic E-state index is 11.4. The Morgan fingerprint density at radius 2 is 2.06 bits per heavy atom. The van der Waals surface area contributed by atoms with E-state index in [9.17, 15) is 13.2 Å². The number of para-hydroxylation sites is 1. The molecule has 1 aromatic rings. The Morgan fingerprint density at radius 3 is 2.59 bits per heavy atom. The Bertz CT molecular complexity index is 522. The van der Waals surface area contributed by atoms with Gasteiger partial charge in [0.05, 0.1) is 0 Å². The normalized spacial score (nSPS) is 11.2. The Morgan fingerprint density at radius 1 is 1.41 bits per heavy atom. The van der Waals surface area contributed by atoms with Crippen molar-refractivity contribution in [2.75, 3.05) is 11.1 Å². The van der Waals surface area contributed by atoms with Crippen LogP contribution in [-0.4, -0.2) is 24.6 Å². The number of carbonyl (C=O) groups excluding carboxylic acids is 1. The molecule has 0 saturated carbocycles. The Labute approximate surface area is 101 Å². The average Bonchev–Trinajstić information content (AvgIpc) is 2.18. The molecule has 0 bridgehead atoms. The Kier molecular flexibility index (Phi) is 4.25. The van der Waals surface area contributed by atoms with E-state index in [0.717, 1.165) is 17.5 Å². The molecule has 0 aliphatic heterocycles. The summed E-state index contributed by atoms with van der Waals surface area (Å²) in [6, 6.07) is 5.55. The van der Waals surface area contributed by atoms with Crippen molar-refractivity contribution < 1.29 is 17.8 Å². The molecule has 0 spiro atoms. The second-order valence-electron chi connectivity index (χ2n) is 3.74. The van der Waals surface area contributed by atoms with E-state index in [0.29, 0.717) is 5.69 Å². The molecule has 0 unspecified atom stereocenters. The topological polar surface area (TPSA) is 83.5 Å². The van der Waals surface area contributed by atoms with Crippen LogP contribution >= 0.6 is 0 Å². The molecule has 0 aliphatic rings. The van der Waals surface area contributed by atoms with Gasteiger partial charge in [0.15, 0.2) is 5.75 Å². The molecule has 17 heavy (non-hydrogen) atoms. The monoisotopic (exact) mass is 257 g/mol. The molecule has 2 N–H and O–H groups in total. The minimum absolute atomic E-state index is 0.614. The summed E-state index contributed by atoms with van der Waals surface area (Å²) in [4.78, 5) is 11.4. The predicted molar refractivity (Wildman–Crippen MR) is 65.6 cm³/mol. The second-order valence-corrected chi connectivity index (χ2v) is 5.19. The van der Waals surface area contributed by atoms with Crippen LogP contribution in [0.4, 0.5) is 5.69 Å². The van der Waals surface area contributed by atoms with Gasteiger partial charge in [-0.05, 0) is 24.5 Å². The summed E-state index contributed by atoms with van der Waals surface area (Å²) in [5.41, 5.74) is 2.39. The molecule has 94 valence electrons. The third-order valence-corrected chi connectivity index (χ3v) is 2.94. The van der Waals surface area contributed by atoms with Gasteiger partial charge in [-0.1, -0.05) is 25.1 Å². The highest BCUT2D eigenvalue weighted by Gasteiger charge is 2.14. The van der Waals surface area contributed by atoms with Gasteiger partial charge >= 0.3 is 0 Å². The first-order valence-electron chi connectivity index (χ1n) is 5.17. The highest BCUT2D eigenvalue weighted by Crippen LogP contribution is 2.20. The van der Waals surface area contributed by atoms with Gasteiger partial charge in [0.1, 0.15) is 0 Å². The summed E-state index contributed by atoms with van der Waals surface area (Å²) in [5, 5.41) is 2.51. The van der Waals surface area contributed by atoms with Crippen molar-refractivity contribution in [3.63, 3.8) is 0 Å². The Balaban J connectivity index is 2.92. The van der Waals surface area contributed by atoms with Gasteiger partial charge in [-0.3, -0.25) is 9.35 Å². The smallest absolute Gasteiger partial charge is 0.274 e. The first-order valence-corrected chi connectivity index (χ1v) is 6.78. The van der Waals surface area contributed by atoms with Crippen LogP contribution in [0.15, 0.2) is 18.2 Å². The van der Waals surface area contributed by atoms with Crippen LogP contribution in [0, 0.1) is 6.92 Å². The molecule has 0 fully saturated rings. The first-order chi connectivity index (χ1) is 7.83. The summed E-state index contributed by atoms with van der Waals surface area (Å²) >= 11 is 0. The fourth-order valence-corrected chi connectivity index (χ4v) is 1.95. The van der Waals surface area contributed by atoms with E-state index in [2.05, 4.69) is 5.32 Å². The highest BCUT2D eigenvalue weighted by molar-refractivity contribution is 7.86. The third kappa shape index (κ3) is 4.16. The van der Waals surface area contributed by atoms with E-state index in [-0.39, 0.29) is 0 Å². The fraction of sp³-hybridized carbons (Fsp3) is 0.364. The summed E-state index contributed by atoms with van der Waals surface area (Å²) in [6.07, 6.45) is 0.725. The number of nitrogens with one attached hydrogen (secondary N) is 1. The lowest BCUT2D eigenvalue weighted by atomic mass is 10.1. The van der Waals surface area contributed by atoms with Gasteiger partial charge in [-0.25, -0.2) is 0 Å². The number of rotatable bonds is 4. The molecular formula is C11H15NO4S. The number of benzene rings is 1. The largest absolute Gasteiger partial charge is 0.325 e. The maximum absolute atomic E-state index is 11.4. The van der Waals surface area contributed by atoms with Crippen LogP contribution in [0.3, 0.4) is 0 Å². The van der Waals surface area contributed by atoms with E-state index in [1.807, 2.05) is 32.0 Å². The summed E-state index contributed by atoms with van der Waals surface area (Å²) in [6.45, 7) is 3.76. The standard InChI is InChI=1S/C11H15NO4S/c1-3-9-6-4-5-8(2)11(9)12-10(13)7-17(14,15)16/h4-6H,3,7H2,1-2H3,(H,12,13)(H,14,15,16). The van der Waals surface area contributed by atoms with Gasteiger partial charge < -0.3 is 5.32 Å². The number of hydrogen-bond acceptors (Lipinski definition) is 3. The second kappa shape index (κ2) is 5.29. The van der Waals surface area contributed by atoms with Crippen molar-refractivity contribution in [1.29, 1.82) is 0 Å². The number of anilines is 1. The number of hydrogen-bond donors (Lipinski definition) is 2.